The largest absolute Gasteiger partial charge is 0.495 e. The number of benzene rings is 2. The SMILES string of the molecule is COc1cc(Nc2ncnc(-c3ccc(O[C@H]4CCN(C(=O)[C@H](C)O)C[C@@H]4F)c(C#N)c3)n2)ccc1N1CCC(N2CCOCC2)CC1. The number of hydrogen-bond donors (Lipinski definition) is 2. The quantitative estimate of drug-likeness (QED) is 0.347. The predicted molar refractivity (Wildman–Crippen MR) is 176 cm³/mol. The Labute approximate surface area is 279 Å². The summed E-state index contributed by atoms with van der Waals surface area (Å²) in [5.74, 6) is 1.13. The summed E-state index contributed by atoms with van der Waals surface area (Å²) in [4.78, 5) is 31.4. The number of methoxy groups -OCH3 is 1. The smallest absolute Gasteiger partial charge is 0.251 e. The van der Waals surface area contributed by atoms with Gasteiger partial charge in [-0.3, -0.25) is 9.69 Å². The second-order valence-electron chi connectivity index (χ2n) is 12.3. The highest BCUT2D eigenvalue weighted by molar-refractivity contribution is 5.80. The van der Waals surface area contributed by atoms with Gasteiger partial charge in [-0.05, 0) is 50.1 Å². The Bertz CT molecular complexity index is 1620. The molecule has 6 rings (SSSR count). The molecule has 3 aliphatic rings. The third-order valence-corrected chi connectivity index (χ3v) is 9.16. The first kappa shape index (κ1) is 33.3. The topological polar surface area (TPSA) is 149 Å². The van der Waals surface area contributed by atoms with Crippen LogP contribution >= 0.6 is 0 Å². The van der Waals surface area contributed by atoms with Crippen LogP contribution in [-0.4, -0.2) is 120 Å². The zero-order valence-electron chi connectivity index (χ0n) is 27.2. The maximum absolute atomic E-state index is 14.9. The van der Waals surface area contributed by atoms with Crippen molar-refractivity contribution in [2.75, 3.05) is 69.8 Å². The molecule has 13 nitrogen and oxygen atoms in total. The zero-order chi connectivity index (χ0) is 33.6. The third-order valence-electron chi connectivity index (χ3n) is 9.16. The number of alkyl halides is 1. The van der Waals surface area contributed by atoms with Gasteiger partial charge in [0.2, 0.25) is 5.95 Å². The van der Waals surface area contributed by atoms with Crippen molar-refractivity contribution in [3.8, 4) is 29.0 Å². The fraction of sp³-hybridized carbons (Fsp3) is 0.500. The van der Waals surface area contributed by atoms with Gasteiger partial charge in [-0.2, -0.15) is 10.2 Å². The maximum atomic E-state index is 14.9. The highest BCUT2D eigenvalue weighted by Crippen LogP contribution is 2.35. The summed E-state index contributed by atoms with van der Waals surface area (Å²) in [6, 6.07) is 13.5. The summed E-state index contributed by atoms with van der Waals surface area (Å²) in [5.41, 5.74) is 2.56. The standard InChI is InChI=1S/C34H41FN8O5/c1-22(44)33(45)43-12-9-30(27(35)20-43)48-29-6-3-23(17-24(29)19-36)32-37-21-38-34(40-32)39-25-4-5-28(31(18-25)46-2)42-10-7-26(8-11-42)41-13-15-47-16-14-41/h3-6,17-18,21-22,26-27,30,44H,7-16,20H2,1-2H3,(H,37,38,39,40)/t22-,27-,30-/m0/s1. The van der Waals surface area contributed by atoms with Gasteiger partial charge in [-0.25, -0.2) is 14.4 Å². The van der Waals surface area contributed by atoms with E-state index in [2.05, 4.69) is 36.1 Å². The van der Waals surface area contributed by atoms with E-state index in [0.29, 0.717) is 23.4 Å². The number of halogens is 1. The fourth-order valence-electron chi connectivity index (χ4n) is 6.56. The van der Waals surface area contributed by atoms with Crippen molar-refractivity contribution in [2.45, 2.75) is 50.6 Å². The maximum Gasteiger partial charge on any atom is 0.251 e. The van der Waals surface area contributed by atoms with Gasteiger partial charge in [-0.15, -0.1) is 0 Å². The molecule has 0 aliphatic carbocycles. The van der Waals surface area contributed by atoms with E-state index < -0.39 is 24.3 Å². The van der Waals surface area contributed by atoms with Crippen LogP contribution in [0.25, 0.3) is 11.4 Å². The molecule has 14 heteroatoms. The molecular formula is C34H41FN8O5. The molecule has 3 fully saturated rings. The summed E-state index contributed by atoms with van der Waals surface area (Å²) in [7, 11) is 1.67. The second kappa shape index (κ2) is 15.1. The van der Waals surface area contributed by atoms with Gasteiger partial charge in [0.25, 0.3) is 5.91 Å². The van der Waals surface area contributed by atoms with Crippen LogP contribution in [0.3, 0.4) is 0 Å². The van der Waals surface area contributed by atoms with Crippen molar-refractivity contribution in [1.82, 2.24) is 24.8 Å². The van der Waals surface area contributed by atoms with E-state index >= 15 is 0 Å². The van der Waals surface area contributed by atoms with Crippen molar-refractivity contribution < 1.29 is 28.5 Å². The number of aliphatic hydroxyl groups excluding tert-OH is 1. The average molecular weight is 661 g/mol. The van der Waals surface area contributed by atoms with Crippen LogP contribution in [0.2, 0.25) is 0 Å². The number of rotatable bonds is 9. The van der Waals surface area contributed by atoms with Crippen LogP contribution in [0.4, 0.5) is 21.7 Å². The summed E-state index contributed by atoms with van der Waals surface area (Å²) in [6.45, 7) is 6.96. The van der Waals surface area contributed by atoms with Crippen molar-refractivity contribution in [2.24, 2.45) is 0 Å². The normalized spacial score (nSPS) is 21.3. The lowest BCUT2D eigenvalue weighted by molar-refractivity contribution is -0.143. The molecule has 3 aliphatic heterocycles. The Balaban J connectivity index is 1.10. The van der Waals surface area contributed by atoms with Gasteiger partial charge in [0, 0.05) is 62.5 Å². The molecule has 0 spiro atoms. The molecular weight excluding hydrogens is 619 g/mol. The van der Waals surface area contributed by atoms with Gasteiger partial charge in [0.05, 0.1) is 38.1 Å². The number of amides is 1. The Kier molecular flexibility index (Phi) is 10.5. The minimum absolute atomic E-state index is 0.183. The molecule has 2 aromatic carbocycles. The molecule has 254 valence electrons. The number of carbonyl (C=O) groups is 1. The monoisotopic (exact) mass is 660 g/mol. The fourth-order valence-corrected chi connectivity index (χ4v) is 6.56. The summed E-state index contributed by atoms with van der Waals surface area (Å²) < 4.78 is 32.1. The minimum Gasteiger partial charge on any atom is -0.495 e. The minimum atomic E-state index is -1.47. The Morgan fingerprint density at radius 3 is 2.58 bits per heavy atom. The number of likely N-dealkylation sites (tertiary alicyclic amines) is 1. The number of aromatic nitrogens is 3. The number of ether oxygens (including phenoxy) is 3. The van der Waals surface area contributed by atoms with Gasteiger partial charge < -0.3 is 34.4 Å². The van der Waals surface area contributed by atoms with Crippen molar-refractivity contribution in [3.63, 3.8) is 0 Å². The average Bonchev–Trinajstić information content (AvgIpc) is 3.12. The number of morpholine rings is 1. The van der Waals surface area contributed by atoms with Crippen LogP contribution in [0.5, 0.6) is 11.5 Å². The first-order valence-corrected chi connectivity index (χ1v) is 16.4. The van der Waals surface area contributed by atoms with E-state index in [0.717, 1.165) is 69.4 Å². The van der Waals surface area contributed by atoms with Crippen molar-refractivity contribution >= 4 is 23.2 Å². The summed E-state index contributed by atoms with van der Waals surface area (Å²) >= 11 is 0. The molecule has 4 heterocycles. The lowest BCUT2D eigenvalue weighted by atomic mass is 10.0. The number of nitrogens with one attached hydrogen (secondary N) is 1. The van der Waals surface area contributed by atoms with E-state index in [9.17, 15) is 19.6 Å². The van der Waals surface area contributed by atoms with Crippen LogP contribution in [0, 0.1) is 11.3 Å². The lowest BCUT2D eigenvalue weighted by Gasteiger charge is -2.41. The molecule has 1 amide bonds. The molecule has 3 saturated heterocycles. The first-order valence-electron chi connectivity index (χ1n) is 16.4. The van der Waals surface area contributed by atoms with Gasteiger partial charge in [-0.1, -0.05) is 0 Å². The van der Waals surface area contributed by atoms with E-state index in [-0.39, 0.29) is 30.8 Å². The molecule has 3 aromatic rings. The number of hydrogen-bond acceptors (Lipinski definition) is 12. The van der Waals surface area contributed by atoms with Gasteiger partial charge in [0.1, 0.15) is 36.1 Å². The van der Waals surface area contributed by atoms with Crippen LogP contribution < -0.4 is 19.7 Å². The molecule has 0 unspecified atom stereocenters. The number of nitriles is 1. The number of nitrogens with zero attached hydrogens (tertiary/aromatic N) is 7. The number of carbonyl (C=O) groups excluding carboxylic acids is 1. The van der Waals surface area contributed by atoms with Gasteiger partial charge >= 0.3 is 0 Å². The van der Waals surface area contributed by atoms with E-state index in [1.807, 2.05) is 18.2 Å². The van der Waals surface area contributed by atoms with Crippen molar-refractivity contribution in [1.29, 1.82) is 5.26 Å². The summed E-state index contributed by atoms with van der Waals surface area (Å²) in [6.07, 6.45) is 0.320. The van der Waals surface area contributed by atoms with Crippen LogP contribution in [0.15, 0.2) is 42.7 Å². The number of anilines is 3. The van der Waals surface area contributed by atoms with E-state index in [1.54, 1.807) is 25.3 Å². The zero-order valence-corrected chi connectivity index (χ0v) is 27.2. The highest BCUT2D eigenvalue weighted by atomic mass is 19.1. The Hall–Kier alpha value is -4.58. The van der Waals surface area contributed by atoms with Crippen LogP contribution in [-0.2, 0) is 9.53 Å². The van der Waals surface area contributed by atoms with E-state index in [4.69, 9.17) is 14.2 Å². The number of aliphatic hydroxyl groups is 1. The highest BCUT2D eigenvalue weighted by Gasteiger charge is 2.34. The first-order chi connectivity index (χ1) is 23.3. The molecule has 3 atom stereocenters. The Morgan fingerprint density at radius 1 is 1.08 bits per heavy atom. The third kappa shape index (κ3) is 7.59. The predicted octanol–water partition coefficient (Wildman–Crippen LogP) is 3.16. The number of piperidine rings is 2. The molecule has 1 aromatic heterocycles. The second-order valence-corrected chi connectivity index (χ2v) is 12.3. The van der Waals surface area contributed by atoms with Gasteiger partial charge in [0.15, 0.2) is 12.0 Å². The van der Waals surface area contributed by atoms with Crippen LogP contribution in [0.1, 0.15) is 31.7 Å². The summed E-state index contributed by atoms with van der Waals surface area (Å²) in [5, 5.41) is 22.6. The molecule has 0 bridgehead atoms. The Morgan fingerprint density at radius 2 is 1.88 bits per heavy atom. The molecule has 0 radical (unpaired) electrons. The van der Waals surface area contributed by atoms with E-state index in [1.165, 1.54) is 18.2 Å². The molecule has 2 N–H and O–H groups in total. The van der Waals surface area contributed by atoms with Crippen molar-refractivity contribution in [3.05, 3.63) is 48.3 Å². The molecule has 48 heavy (non-hydrogen) atoms. The lowest BCUT2D eigenvalue weighted by Crippen LogP contribution is -2.51. The molecule has 0 saturated carbocycles.